The van der Waals surface area contributed by atoms with E-state index in [2.05, 4.69) is 38.3 Å². The first-order chi connectivity index (χ1) is 14.7. The Hall–Kier alpha value is -2.03. The quantitative estimate of drug-likeness (QED) is 0.730. The Kier molecular flexibility index (Phi) is 7.30. The third-order valence-corrected chi connectivity index (χ3v) is 6.93. The van der Waals surface area contributed by atoms with E-state index in [1.165, 1.54) is 0 Å². The van der Waals surface area contributed by atoms with E-state index in [1.54, 1.807) is 11.3 Å². The lowest BCUT2D eigenvalue weighted by molar-refractivity contribution is -0.126. The lowest BCUT2D eigenvalue weighted by Crippen LogP contribution is -2.49. The molecule has 2 aromatic heterocycles. The number of hydrogen-bond donors (Lipinski definition) is 1. The number of carbonyl (C=O) groups excluding carboxylic acids is 1. The third kappa shape index (κ3) is 5.36. The van der Waals surface area contributed by atoms with Crippen molar-refractivity contribution in [2.45, 2.75) is 32.2 Å². The molecule has 2 saturated heterocycles. The standard InChI is InChI=1S/C22H31N5O2S/c1-2-18(16-26-11-13-29-14-12-26)23-22(28)17-7-9-27(10-8-17)21-6-5-19(24-25-21)20-4-3-15-30-20/h3-6,15,17-18H,2,7-14,16H2,1H3,(H,23,28)/t18-/m1/s1. The van der Waals surface area contributed by atoms with Crippen molar-refractivity contribution in [3.05, 3.63) is 29.6 Å². The minimum absolute atomic E-state index is 0.0818. The second kappa shape index (κ2) is 10.3. The molecule has 7 nitrogen and oxygen atoms in total. The number of thiophene rings is 1. The Labute approximate surface area is 182 Å². The Morgan fingerprint density at radius 3 is 2.63 bits per heavy atom. The molecule has 1 amide bonds. The maximum Gasteiger partial charge on any atom is 0.223 e. The molecule has 30 heavy (non-hydrogen) atoms. The molecule has 8 heteroatoms. The smallest absolute Gasteiger partial charge is 0.223 e. The molecule has 0 radical (unpaired) electrons. The minimum Gasteiger partial charge on any atom is -0.379 e. The number of carbonyl (C=O) groups is 1. The van der Waals surface area contributed by atoms with Crippen LogP contribution in [0.15, 0.2) is 29.6 Å². The number of nitrogens with zero attached hydrogens (tertiary/aromatic N) is 4. The maximum atomic E-state index is 12.8. The van der Waals surface area contributed by atoms with Gasteiger partial charge in [0.2, 0.25) is 5.91 Å². The average Bonchev–Trinajstić information content (AvgIpc) is 3.34. The van der Waals surface area contributed by atoms with Crippen LogP contribution in [0.25, 0.3) is 10.6 Å². The van der Waals surface area contributed by atoms with Gasteiger partial charge in [0, 0.05) is 44.7 Å². The van der Waals surface area contributed by atoms with Gasteiger partial charge in [0.05, 0.1) is 18.1 Å². The molecule has 4 rings (SSSR count). The molecule has 2 aliphatic heterocycles. The van der Waals surface area contributed by atoms with Gasteiger partial charge in [-0.1, -0.05) is 13.0 Å². The van der Waals surface area contributed by atoms with Gasteiger partial charge in [-0.2, -0.15) is 0 Å². The SMILES string of the molecule is CC[C@H](CN1CCOCC1)NC(=O)C1CCN(c2ccc(-c3cccs3)nn2)CC1. The Bertz CT molecular complexity index is 784. The van der Waals surface area contributed by atoms with Crippen LogP contribution in [0.3, 0.4) is 0 Å². The average molecular weight is 430 g/mol. The molecule has 4 heterocycles. The zero-order valence-electron chi connectivity index (χ0n) is 17.6. The molecule has 0 aliphatic carbocycles. The number of anilines is 1. The number of morpholine rings is 1. The van der Waals surface area contributed by atoms with E-state index in [0.717, 1.165) is 81.6 Å². The van der Waals surface area contributed by atoms with Crippen molar-refractivity contribution in [2.24, 2.45) is 5.92 Å². The van der Waals surface area contributed by atoms with Crippen LogP contribution in [0, 0.1) is 5.92 Å². The number of piperidine rings is 1. The second-order valence-corrected chi connectivity index (χ2v) is 8.99. The maximum absolute atomic E-state index is 12.8. The van der Waals surface area contributed by atoms with Crippen LogP contribution in [0.5, 0.6) is 0 Å². The zero-order chi connectivity index (χ0) is 20.8. The number of ether oxygens (including phenoxy) is 1. The van der Waals surface area contributed by atoms with Gasteiger partial charge < -0.3 is 15.0 Å². The number of rotatable bonds is 7. The van der Waals surface area contributed by atoms with Gasteiger partial charge in [0.25, 0.3) is 0 Å². The van der Waals surface area contributed by atoms with Gasteiger partial charge in [-0.3, -0.25) is 9.69 Å². The van der Waals surface area contributed by atoms with Crippen LogP contribution >= 0.6 is 11.3 Å². The van der Waals surface area contributed by atoms with Crippen molar-refractivity contribution in [3.8, 4) is 10.6 Å². The highest BCUT2D eigenvalue weighted by Crippen LogP contribution is 2.25. The Morgan fingerprint density at radius 2 is 2.00 bits per heavy atom. The second-order valence-electron chi connectivity index (χ2n) is 8.04. The summed E-state index contributed by atoms with van der Waals surface area (Å²) in [5.74, 6) is 1.18. The molecule has 0 saturated carbocycles. The lowest BCUT2D eigenvalue weighted by Gasteiger charge is -2.34. The van der Waals surface area contributed by atoms with Crippen molar-refractivity contribution in [1.29, 1.82) is 0 Å². The monoisotopic (exact) mass is 429 g/mol. The molecule has 162 valence electrons. The molecule has 2 fully saturated rings. The van der Waals surface area contributed by atoms with Crippen LogP contribution in [-0.2, 0) is 9.53 Å². The summed E-state index contributed by atoms with van der Waals surface area (Å²) in [6.45, 7) is 8.23. The van der Waals surface area contributed by atoms with E-state index < -0.39 is 0 Å². The number of hydrogen-bond acceptors (Lipinski definition) is 7. The fourth-order valence-corrected chi connectivity index (χ4v) is 4.80. The molecule has 2 aromatic rings. The van der Waals surface area contributed by atoms with Crippen LogP contribution in [0.2, 0.25) is 0 Å². The zero-order valence-corrected chi connectivity index (χ0v) is 18.4. The predicted octanol–water partition coefficient (Wildman–Crippen LogP) is 2.65. The van der Waals surface area contributed by atoms with E-state index in [9.17, 15) is 4.79 Å². The lowest BCUT2D eigenvalue weighted by atomic mass is 9.95. The van der Waals surface area contributed by atoms with Crippen molar-refractivity contribution in [2.75, 3.05) is 50.8 Å². The van der Waals surface area contributed by atoms with E-state index in [0.29, 0.717) is 0 Å². The normalized spacial score (nSPS) is 19.6. The number of aromatic nitrogens is 2. The molecule has 0 unspecified atom stereocenters. The first kappa shape index (κ1) is 21.2. The fourth-order valence-electron chi connectivity index (χ4n) is 4.11. The summed E-state index contributed by atoms with van der Waals surface area (Å²) in [5, 5.41) is 14.1. The van der Waals surface area contributed by atoms with E-state index >= 15 is 0 Å². The summed E-state index contributed by atoms with van der Waals surface area (Å²) in [5.41, 5.74) is 0.911. The minimum atomic E-state index is 0.0818. The summed E-state index contributed by atoms with van der Waals surface area (Å²) in [7, 11) is 0. The topological polar surface area (TPSA) is 70.6 Å². The summed E-state index contributed by atoms with van der Waals surface area (Å²) >= 11 is 1.67. The van der Waals surface area contributed by atoms with Crippen LogP contribution in [0.1, 0.15) is 26.2 Å². The van der Waals surface area contributed by atoms with E-state index in [1.807, 2.05) is 23.6 Å². The molecule has 1 atom stereocenters. The molecule has 1 N–H and O–H groups in total. The number of amides is 1. The van der Waals surface area contributed by atoms with Gasteiger partial charge in [0.15, 0.2) is 5.82 Å². The Morgan fingerprint density at radius 1 is 1.20 bits per heavy atom. The molecular weight excluding hydrogens is 398 g/mol. The highest BCUT2D eigenvalue weighted by Gasteiger charge is 2.27. The summed E-state index contributed by atoms with van der Waals surface area (Å²) in [6.07, 6.45) is 2.66. The van der Waals surface area contributed by atoms with E-state index in [4.69, 9.17) is 4.74 Å². The number of nitrogens with one attached hydrogen (secondary N) is 1. The van der Waals surface area contributed by atoms with Gasteiger partial charge in [-0.25, -0.2) is 0 Å². The van der Waals surface area contributed by atoms with E-state index in [-0.39, 0.29) is 17.9 Å². The fraction of sp³-hybridized carbons (Fsp3) is 0.591. The van der Waals surface area contributed by atoms with Crippen molar-refractivity contribution < 1.29 is 9.53 Å². The largest absolute Gasteiger partial charge is 0.379 e. The van der Waals surface area contributed by atoms with Gasteiger partial charge >= 0.3 is 0 Å². The summed E-state index contributed by atoms with van der Waals surface area (Å²) in [4.78, 5) is 18.6. The third-order valence-electron chi connectivity index (χ3n) is 6.04. The molecule has 2 aliphatic rings. The highest BCUT2D eigenvalue weighted by molar-refractivity contribution is 7.13. The van der Waals surface area contributed by atoms with Crippen molar-refractivity contribution >= 4 is 23.1 Å². The van der Waals surface area contributed by atoms with Crippen LogP contribution in [-0.4, -0.2) is 73.0 Å². The van der Waals surface area contributed by atoms with Crippen LogP contribution < -0.4 is 10.2 Å². The highest BCUT2D eigenvalue weighted by atomic mass is 32.1. The van der Waals surface area contributed by atoms with Crippen molar-refractivity contribution in [1.82, 2.24) is 20.4 Å². The predicted molar refractivity (Wildman–Crippen MR) is 120 cm³/mol. The van der Waals surface area contributed by atoms with Crippen LogP contribution in [0.4, 0.5) is 5.82 Å². The summed E-state index contributed by atoms with van der Waals surface area (Å²) in [6, 6.07) is 8.36. The molecule has 0 spiro atoms. The summed E-state index contributed by atoms with van der Waals surface area (Å²) < 4.78 is 5.42. The molecule has 0 aromatic carbocycles. The molecule has 0 bridgehead atoms. The van der Waals surface area contributed by atoms with Gasteiger partial charge in [-0.05, 0) is 42.8 Å². The first-order valence-corrected chi connectivity index (χ1v) is 11.8. The van der Waals surface area contributed by atoms with Crippen molar-refractivity contribution in [3.63, 3.8) is 0 Å². The molecular formula is C22H31N5O2S. The Balaban J connectivity index is 1.25. The van der Waals surface area contributed by atoms with Gasteiger partial charge in [-0.15, -0.1) is 21.5 Å². The van der Waals surface area contributed by atoms with Gasteiger partial charge in [0.1, 0.15) is 5.69 Å². The first-order valence-electron chi connectivity index (χ1n) is 11.0.